The Labute approximate surface area is 125 Å². The highest BCUT2D eigenvalue weighted by Crippen LogP contribution is 2.29. The first kappa shape index (κ1) is 17.2. The standard InChI is InChI=1S/C12H16Cl2F3N3/c1-2-5-18-10-8(13)7-9(14)11(20-10)19-6-3-4-12(15,16)17/h7H,2-6H2,1H3,(H2,18,19,20). The number of anilines is 2. The van der Waals surface area contributed by atoms with Crippen molar-refractivity contribution in [3.8, 4) is 0 Å². The summed E-state index contributed by atoms with van der Waals surface area (Å²) in [7, 11) is 0. The number of aromatic nitrogens is 1. The van der Waals surface area contributed by atoms with E-state index in [0.717, 1.165) is 6.42 Å². The van der Waals surface area contributed by atoms with Crippen LogP contribution in [0.2, 0.25) is 10.0 Å². The van der Waals surface area contributed by atoms with Gasteiger partial charge in [-0.1, -0.05) is 30.1 Å². The van der Waals surface area contributed by atoms with E-state index in [-0.39, 0.29) is 18.0 Å². The first-order chi connectivity index (χ1) is 9.33. The molecule has 8 heteroatoms. The van der Waals surface area contributed by atoms with Crippen LogP contribution in [0.15, 0.2) is 6.07 Å². The summed E-state index contributed by atoms with van der Waals surface area (Å²) in [6.45, 7) is 2.83. The highest BCUT2D eigenvalue weighted by molar-refractivity contribution is 6.37. The third-order valence-electron chi connectivity index (χ3n) is 2.40. The van der Waals surface area contributed by atoms with Crippen LogP contribution in [0.1, 0.15) is 26.2 Å². The molecule has 0 unspecified atom stereocenters. The molecule has 2 N–H and O–H groups in total. The molecular weight excluding hydrogens is 314 g/mol. The number of nitrogens with zero attached hydrogens (tertiary/aromatic N) is 1. The van der Waals surface area contributed by atoms with Crippen molar-refractivity contribution in [2.75, 3.05) is 23.7 Å². The van der Waals surface area contributed by atoms with Crippen molar-refractivity contribution >= 4 is 34.8 Å². The van der Waals surface area contributed by atoms with E-state index in [4.69, 9.17) is 23.2 Å². The monoisotopic (exact) mass is 329 g/mol. The molecule has 1 rings (SSSR count). The minimum absolute atomic E-state index is 0.0398. The van der Waals surface area contributed by atoms with Gasteiger partial charge in [0.25, 0.3) is 0 Å². The SMILES string of the molecule is CCCNc1nc(NCCCC(F)(F)F)c(Cl)cc1Cl. The number of hydrogen-bond donors (Lipinski definition) is 2. The Kier molecular flexibility index (Phi) is 6.68. The molecule has 0 amide bonds. The molecule has 0 saturated heterocycles. The van der Waals surface area contributed by atoms with E-state index in [1.54, 1.807) is 0 Å². The van der Waals surface area contributed by atoms with Crippen LogP contribution in [0.4, 0.5) is 24.8 Å². The van der Waals surface area contributed by atoms with E-state index in [1.165, 1.54) is 6.07 Å². The number of rotatable bonds is 7. The summed E-state index contributed by atoms with van der Waals surface area (Å²) in [6.07, 6.45) is -4.13. The van der Waals surface area contributed by atoms with Crippen molar-refractivity contribution in [3.63, 3.8) is 0 Å². The number of hydrogen-bond acceptors (Lipinski definition) is 3. The fraction of sp³-hybridized carbons (Fsp3) is 0.583. The van der Waals surface area contributed by atoms with Crippen LogP contribution >= 0.6 is 23.2 Å². The largest absolute Gasteiger partial charge is 0.389 e. The molecule has 0 fully saturated rings. The van der Waals surface area contributed by atoms with Crippen molar-refractivity contribution < 1.29 is 13.2 Å². The van der Waals surface area contributed by atoms with Crippen LogP contribution < -0.4 is 10.6 Å². The summed E-state index contributed by atoms with van der Waals surface area (Å²) >= 11 is 11.9. The van der Waals surface area contributed by atoms with Crippen LogP contribution in [-0.2, 0) is 0 Å². The minimum atomic E-state index is -4.15. The second-order valence-electron chi connectivity index (χ2n) is 4.22. The van der Waals surface area contributed by atoms with Gasteiger partial charge in [-0.05, 0) is 18.9 Å². The summed E-state index contributed by atoms with van der Waals surface area (Å²) < 4.78 is 36.1. The van der Waals surface area contributed by atoms with Crippen LogP contribution in [-0.4, -0.2) is 24.2 Å². The molecule has 0 aliphatic heterocycles. The predicted molar refractivity (Wildman–Crippen MR) is 76.8 cm³/mol. The van der Waals surface area contributed by atoms with Gasteiger partial charge in [0.2, 0.25) is 0 Å². The zero-order valence-electron chi connectivity index (χ0n) is 10.9. The maximum absolute atomic E-state index is 12.0. The van der Waals surface area contributed by atoms with E-state index in [0.29, 0.717) is 23.2 Å². The lowest BCUT2D eigenvalue weighted by Crippen LogP contribution is -2.12. The van der Waals surface area contributed by atoms with Crippen LogP contribution in [0, 0.1) is 0 Å². The molecule has 3 nitrogen and oxygen atoms in total. The molecule has 0 atom stereocenters. The van der Waals surface area contributed by atoms with E-state index in [1.807, 2.05) is 6.92 Å². The van der Waals surface area contributed by atoms with Crippen LogP contribution in [0.3, 0.4) is 0 Å². The molecule has 0 spiro atoms. The number of halogens is 5. The Morgan fingerprint density at radius 1 is 1.10 bits per heavy atom. The Hall–Kier alpha value is -0.880. The molecule has 1 aromatic heterocycles. The van der Waals surface area contributed by atoms with Gasteiger partial charge in [0.1, 0.15) is 11.6 Å². The summed E-state index contributed by atoms with van der Waals surface area (Å²) in [5.41, 5.74) is 0. The van der Waals surface area contributed by atoms with Crippen LogP contribution in [0.5, 0.6) is 0 Å². The molecule has 114 valence electrons. The average molecular weight is 330 g/mol. The molecule has 0 aliphatic rings. The van der Waals surface area contributed by atoms with Gasteiger partial charge < -0.3 is 10.6 Å². The third-order valence-corrected chi connectivity index (χ3v) is 2.98. The van der Waals surface area contributed by atoms with Gasteiger partial charge in [0.05, 0.1) is 10.0 Å². The quantitative estimate of drug-likeness (QED) is 0.694. The molecule has 1 aromatic rings. The maximum Gasteiger partial charge on any atom is 0.389 e. The van der Waals surface area contributed by atoms with Crippen molar-refractivity contribution in [1.82, 2.24) is 4.98 Å². The molecule has 0 aromatic carbocycles. The Bertz CT molecular complexity index is 439. The van der Waals surface area contributed by atoms with Crippen molar-refractivity contribution in [1.29, 1.82) is 0 Å². The molecule has 0 saturated carbocycles. The minimum Gasteiger partial charge on any atom is -0.369 e. The molecule has 0 aliphatic carbocycles. The van der Waals surface area contributed by atoms with Gasteiger partial charge >= 0.3 is 6.18 Å². The van der Waals surface area contributed by atoms with Gasteiger partial charge in [-0.25, -0.2) is 4.98 Å². The van der Waals surface area contributed by atoms with Gasteiger partial charge in [0, 0.05) is 19.5 Å². The normalized spacial score (nSPS) is 11.5. The zero-order chi connectivity index (χ0) is 15.2. The topological polar surface area (TPSA) is 37.0 Å². The first-order valence-electron chi connectivity index (χ1n) is 6.24. The second kappa shape index (κ2) is 7.78. The highest BCUT2D eigenvalue weighted by Gasteiger charge is 2.25. The van der Waals surface area contributed by atoms with Gasteiger partial charge in [-0.2, -0.15) is 13.2 Å². The van der Waals surface area contributed by atoms with E-state index in [9.17, 15) is 13.2 Å². The fourth-order valence-corrected chi connectivity index (χ4v) is 1.95. The maximum atomic E-state index is 12.0. The lowest BCUT2D eigenvalue weighted by atomic mass is 10.3. The van der Waals surface area contributed by atoms with E-state index in [2.05, 4.69) is 15.6 Å². The Morgan fingerprint density at radius 2 is 1.65 bits per heavy atom. The van der Waals surface area contributed by atoms with Gasteiger partial charge in [0.15, 0.2) is 0 Å². The summed E-state index contributed by atoms with van der Waals surface area (Å²) in [4.78, 5) is 4.18. The third kappa shape index (κ3) is 6.05. The van der Waals surface area contributed by atoms with Crippen molar-refractivity contribution in [2.24, 2.45) is 0 Å². The van der Waals surface area contributed by atoms with Gasteiger partial charge in [-0.3, -0.25) is 0 Å². The van der Waals surface area contributed by atoms with E-state index >= 15 is 0 Å². The van der Waals surface area contributed by atoms with E-state index < -0.39 is 12.6 Å². The second-order valence-corrected chi connectivity index (χ2v) is 5.04. The fourth-order valence-electron chi connectivity index (χ4n) is 1.45. The van der Waals surface area contributed by atoms with Crippen LogP contribution in [0.25, 0.3) is 0 Å². The summed E-state index contributed by atoms with van der Waals surface area (Å²) in [5.74, 6) is 0.799. The Balaban J connectivity index is 2.60. The Morgan fingerprint density at radius 3 is 2.15 bits per heavy atom. The number of alkyl halides is 3. The number of pyridine rings is 1. The molecule has 20 heavy (non-hydrogen) atoms. The highest BCUT2D eigenvalue weighted by atomic mass is 35.5. The smallest absolute Gasteiger partial charge is 0.369 e. The first-order valence-corrected chi connectivity index (χ1v) is 6.99. The predicted octanol–water partition coefficient (Wildman–Crippen LogP) is 4.96. The number of nitrogens with one attached hydrogen (secondary N) is 2. The van der Waals surface area contributed by atoms with Crippen molar-refractivity contribution in [3.05, 3.63) is 16.1 Å². The lowest BCUT2D eigenvalue weighted by Gasteiger charge is -2.12. The molecule has 0 bridgehead atoms. The average Bonchev–Trinajstić information content (AvgIpc) is 2.34. The summed E-state index contributed by atoms with van der Waals surface area (Å²) in [6, 6.07) is 1.51. The van der Waals surface area contributed by atoms with Gasteiger partial charge in [-0.15, -0.1) is 0 Å². The molecule has 1 heterocycles. The summed E-state index contributed by atoms with van der Waals surface area (Å²) in [5, 5.41) is 6.47. The zero-order valence-corrected chi connectivity index (χ0v) is 12.5. The molecular formula is C12H16Cl2F3N3. The lowest BCUT2D eigenvalue weighted by molar-refractivity contribution is -0.134. The molecule has 0 radical (unpaired) electrons. The van der Waals surface area contributed by atoms with Crippen molar-refractivity contribution in [2.45, 2.75) is 32.4 Å².